The second-order valence-corrected chi connectivity index (χ2v) is 8.12. The van der Waals surface area contributed by atoms with Crippen LogP contribution in [0.15, 0.2) is 41.3 Å². The Hall–Kier alpha value is -1.80. The Morgan fingerprint density at radius 3 is 2.27 bits per heavy atom. The van der Waals surface area contributed by atoms with Gasteiger partial charge in [-0.25, -0.2) is 8.42 Å². The first-order chi connectivity index (χ1) is 11.9. The highest BCUT2D eigenvalue weighted by molar-refractivity contribution is 7.89. The van der Waals surface area contributed by atoms with Crippen LogP contribution in [0, 0.1) is 13.8 Å². The first kappa shape index (κ1) is 20.5. The fraction of sp³-hybridized carbons (Fsp3) is 0.333. The lowest BCUT2D eigenvalue weighted by molar-refractivity contribution is 0.357. The third kappa shape index (κ3) is 4.48. The number of sulfonamides is 1. The van der Waals surface area contributed by atoms with Gasteiger partial charge in [0.25, 0.3) is 0 Å². The third-order valence-corrected chi connectivity index (χ3v) is 5.96. The van der Waals surface area contributed by atoms with E-state index in [-0.39, 0.29) is 28.8 Å². The van der Waals surface area contributed by atoms with Gasteiger partial charge in [-0.1, -0.05) is 6.07 Å². The van der Waals surface area contributed by atoms with Crippen LogP contribution in [0.2, 0.25) is 0 Å². The van der Waals surface area contributed by atoms with Gasteiger partial charge in [0, 0.05) is 32.2 Å². The van der Waals surface area contributed by atoms with Gasteiger partial charge in [0.2, 0.25) is 10.0 Å². The summed E-state index contributed by atoms with van der Waals surface area (Å²) in [5.74, 6) is 0.669. The molecule has 1 aliphatic heterocycles. The van der Waals surface area contributed by atoms with Crippen molar-refractivity contribution < 1.29 is 18.3 Å². The van der Waals surface area contributed by atoms with Gasteiger partial charge in [0.05, 0.1) is 0 Å². The molecular weight excluding hydrogens is 376 g/mol. The summed E-state index contributed by atoms with van der Waals surface area (Å²) < 4.78 is 33.3. The van der Waals surface area contributed by atoms with Gasteiger partial charge in [0.15, 0.2) is 0 Å². The Bertz CT molecular complexity index is 861. The minimum atomic E-state index is -3.75. The van der Waals surface area contributed by atoms with Crippen molar-refractivity contribution >= 4 is 22.4 Å². The van der Waals surface area contributed by atoms with Crippen LogP contribution in [0.5, 0.6) is 17.2 Å². The molecule has 1 saturated heterocycles. The van der Waals surface area contributed by atoms with Crippen molar-refractivity contribution in [1.29, 1.82) is 0 Å². The van der Waals surface area contributed by atoms with Crippen molar-refractivity contribution in [3.8, 4) is 17.2 Å². The number of aromatic hydroxyl groups is 1. The van der Waals surface area contributed by atoms with E-state index in [1.54, 1.807) is 0 Å². The van der Waals surface area contributed by atoms with E-state index in [2.05, 4.69) is 5.32 Å². The molecule has 8 heteroatoms. The fourth-order valence-electron chi connectivity index (χ4n) is 2.93. The van der Waals surface area contributed by atoms with Crippen LogP contribution < -0.4 is 10.1 Å². The molecule has 0 aliphatic carbocycles. The molecule has 0 amide bonds. The number of phenols is 1. The number of ether oxygens (including phenoxy) is 1. The maximum atomic E-state index is 13.0. The predicted molar refractivity (Wildman–Crippen MR) is 103 cm³/mol. The van der Waals surface area contributed by atoms with E-state index in [9.17, 15) is 13.5 Å². The molecule has 2 aromatic rings. The number of hydrogen-bond acceptors (Lipinski definition) is 5. The van der Waals surface area contributed by atoms with Crippen LogP contribution in [0.25, 0.3) is 0 Å². The molecule has 6 nitrogen and oxygen atoms in total. The van der Waals surface area contributed by atoms with E-state index in [4.69, 9.17) is 4.74 Å². The Labute approximate surface area is 160 Å². The Kier molecular flexibility index (Phi) is 6.52. The van der Waals surface area contributed by atoms with Crippen LogP contribution in [0.3, 0.4) is 0 Å². The maximum Gasteiger partial charge on any atom is 0.247 e. The third-order valence-electron chi connectivity index (χ3n) is 4.04. The summed E-state index contributed by atoms with van der Waals surface area (Å²) in [5.41, 5.74) is 2.06. The topological polar surface area (TPSA) is 78.9 Å². The summed E-state index contributed by atoms with van der Waals surface area (Å²) in [6.45, 7) is 5.89. The van der Waals surface area contributed by atoms with Crippen molar-refractivity contribution in [2.75, 3.05) is 26.2 Å². The molecule has 0 bridgehead atoms. The van der Waals surface area contributed by atoms with Gasteiger partial charge >= 0.3 is 0 Å². The standard InChI is InChI=1S/C18H22N2O4S.ClH/c1-13-9-14(2)11-16(10-13)24-17-4-3-15(21)12-18(17)25(22,23)20-7-5-19-6-8-20;/h3-4,9-12,19,21H,5-8H2,1-2H3;1H. The molecule has 0 atom stereocenters. The summed E-state index contributed by atoms with van der Waals surface area (Å²) in [6.07, 6.45) is 0. The van der Waals surface area contributed by atoms with Crippen molar-refractivity contribution in [3.05, 3.63) is 47.5 Å². The second kappa shape index (κ2) is 8.26. The quantitative estimate of drug-likeness (QED) is 0.827. The van der Waals surface area contributed by atoms with Gasteiger partial charge < -0.3 is 15.2 Å². The van der Waals surface area contributed by atoms with Crippen LogP contribution in [-0.4, -0.2) is 44.0 Å². The van der Waals surface area contributed by atoms with Crippen LogP contribution in [0.4, 0.5) is 0 Å². The summed E-state index contributed by atoms with van der Waals surface area (Å²) >= 11 is 0. The molecule has 1 aliphatic rings. The smallest absolute Gasteiger partial charge is 0.247 e. The Morgan fingerprint density at radius 2 is 1.65 bits per heavy atom. The molecule has 1 heterocycles. The van der Waals surface area contributed by atoms with E-state index < -0.39 is 10.0 Å². The Balaban J connectivity index is 0.00000243. The van der Waals surface area contributed by atoms with Crippen LogP contribution >= 0.6 is 12.4 Å². The zero-order valence-electron chi connectivity index (χ0n) is 14.7. The number of nitrogens with one attached hydrogen (secondary N) is 1. The average Bonchev–Trinajstić information content (AvgIpc) is 2.56. The molecule has 2 aromatic carbocycles. The number of hydrogen-bond donors (Lipinski definition) is 2. The highest BCUT2D eigenvalue weighted by Crippen LogP contribution is 2.34. The number of nitrogens with zero attached hydrogens (tertiary/aromatic N) is 1. The lowest BCUT2D eigenvalue weighted by Crippen LogP contribution is -2.46. The van der Waals surface area contributed by atoms with Crippen molar-refractivity contribution in [1.82, 2.24) is 9.62 Å². The molecule has 0 aromatic heterocycles. The van der Waals surface area contributed by atoms with E-state index in [1.807, 2.05) is 32.0 Å². The second-order valence-electron chi connectivity index (χ2n) is 6.21. The molecule has 2 N–H and O–H groups in total. The van der Waals surface area contributed by atoms with Crippen LogP contribution in [0.1, 0.15) is 11.1 Å². The molecule has 1 fully saturated rings. The molecule has 0 spiro atoms. The van der Waals surface area contributed by atoms with Crippen molar-refractivity contribution in [2.45, 2.75) is 18.7 Å². The lowest BCUT2D eigenvalue weighted by atomic mass is 10.1. The monoisotopic (exact) mass is 398 g/mol. The number of aryl methyl sites for hydroxylation is 2. The first-order valence-electron chi connectivity index (χ1n) is 8.16. The minimum Gasteiger partial charge on any atom is -0.508 e. The van der Waals surface area contributed by atoms with E-state index >= 15 is 0 Å². The highest BCUT2D eigenvalue weighted by Gasteiger charge is 2.29. The number of benzene rings is 2. The Morgan fingerprint density at radius 1 is 1.04 bits per heavy atom. The highest BCUT2D eigenvalue weighted by atomic mass is 35.5. The maximum absolute atomic E-state index is 13.0. The summed E-state index contributed by atoms with van der Waals surface area (Å²) in [7, 11) is -3.75. The molecule has 142 valence electrons. The molecule has 0 saturated carbocycles. The minimum absolute atomic E-state index is 0. The normalized spacial score (nSPS) is 15.3. The molecular formula is C18H23ClN2O4S. The van der Waals surface area contributed by atoms with E-state index in [0.29, 0.717) is 31.9 Å². The summed E-state index contributed by atoms with van der Waals surface area (Å²) in [6, 6.07) is 9.87. The summed E-state index contributed by atoms with van der Waals surface area (Å²) in [5, 5.41) is 12.9. The number of halogens is 1. The average molecular weight is 399 g/mol. The summed E-state index contributed by atoms with van der Waals surface area (Å²) in [4.78, 5) is -0.0199. The van der Waals surface area contributed by atoms with Crippen LogP contribution in [-0.2, 0) is 10.0 Å². The van der Waals surface area contributed by atoms with E-state index in [1.165, 1.54) is 22.5 Å². The van der Waals surface area contributed by atoms with Gasteiger partial charge in [-0.15, -0.1) is 12.4 Å². The number of phenolic OH excluding ortho intramolecular Hbond substituents is 1. The number of piperazine rings is 1. The zero-order chi connectivity index (χ0) is 18.0. The van der Waals surface area contributed by atoms with Gasteiger partial charge in [-0.05, 0) is 49.2 Å². The van der Waals surface area contributed by atoms with Crippen molar-refractivity contribution in [2.24, 2.45) is 0 Å². The number of rotatable bonds is 4. The van der Waals surface area contributed by atoms with E-state index in [0.717, 1.165) is 11.1 Å². The van der Waals surface area contributed by atoms with Gasteiger partial charge in [-0.2, -0.15) is 4.31 Å². The van der Waals surface area contributed by atoms with Crippen molar-refractivity contribution in [3.63, 3.8) is 0 Å². The zero-order valence-corrected chi connectivity index (χ0v) is 16.4. The van der Waals surface area contributed by atoms with Gasteiger partial charge in [-0.3, -0.25) is 0 Å². The SMILES string of the molecule is Cc1cc(C)cc(Oc2ccc(O)cc2S(=O)(=O)N2CCNCC2)c1.Cl. The lowest BCUT2D eigenvalue weighted by Gasteiger charge is -2.27. The molecule has 0 unspecified atom stereocenters. The molecule has 26 heavy (non-hydrogen) atoms. The fourth-order valence-corrected chi connectivity index (χ4v) is 4.50. The molecule has 3 rings (SSSR count). The first-order valence-corrected chi connectivity index (χ1v) is 9.60. The predicted octanol–water partition coefficient (Wildman–Crippen LogP) is 2.82. The molecule has 0 radical (unpaired) electrons. The van der Waals surface area contributed by atoms with Gasteiger partial charge in [0.1, 0.15) is 22.1 Å². The largest absolute Gasteiger partial charge is 0.508 e.